The summed E-state index contributed by atoms with van der Waals surface area (Å²) in [7, 11) is 1.95. The number of ether oxygens (including phenoxy) is 1. The molecule has 1 fully saturated rings. The fraction of sp³-hybridized carbons (Fsp3) is 0.333. The number of imidazole rings is 1. The topological polar surface area (TPSA) is 47.4 Å². The molecule has 138 valence electrons. The van der Waals surface area contributed by atoms with Crippen LogP contribution < -0.4 is 9.64 Å². The number of halogens is 1. The van der Waals surface area contributed by atoms with Crippen LogP contribution in [0, 0.1) is 12.7 Å². The zero-order chi connectivity index (χ0) is 18.7. The van der Waals surface area contributed by atoms with Gasteiger partial charge in [-0.2, -0.15) is 0 Å². The molecule has 0 saturated carbocycles. The number of hydrogen-bond acceptors (Lipinski definition) is 3. The summed E-state index contributed by atoms with van der Waals surface area (Å²) in [5.41, 5.74) is 4.18. The molecule has 5 rings (SSSR count). The van der Waals surface area contributed by atoms with Crippen LogP contribution in [0.15, 0.2) is 30.3 Å². The molecular weight excluding hydrogens is 345 g/mol. The molecule has 0 spiro atoms. The SMILES string of the molecule is Cc1nc2c3c(c(N4CCC4=O)cc2n1C)CC[C@@H](c1ccccc1F)O3. The molecule has 2 aliphatic rings. The van der Waals surface area contributed by atoms with Crippen molar-refractivity contribution in [3.8, 4) is 5.75 Å². The third kappa shape index (κ3) is 2.36. The molecule has 0 bridgehead atoms. The van der Waals surface area contributed by atoms with E-state index >= 15 is 0 Å². The van der Waals surface area contributed by atoms with E-state index in [0.717, 1.165) is 41.1 Å². The number of fused-ring (bicyclic) bond motifs is 3. The van der Waals surface area contributed by atoms with Gasteiger partial charge in [0.05, 0.1) is 11.2 Å². The lowest BCUT2D eigenvalue weighted by Crippen LogP contribution is -2.44. The van der Waals surface area contributed by atoms with E-state index in [-0.39, 0.29) is 17.8 Å². The van der Waals surface area contributed by atoms with Crippen molar-refractivity contribution in [1.82, 2.24) is 9.55 Å². The Balaban J connectivity index is 1.68. The van der Waals surface area contributed by atoms with E-state index in [0.29, 0.717) is 24.2 Å². The van der Waals surface area contributed by atoms with E-state index in [1.165, 1.54) is 6.07 Å². The number of benzene rings is 2. The van der Waals surface area contributed by atoms with Gasteiger partial charge in [0.1, 0.15) is 23.3 Å². The summed E-state index contributed by atoms with van der Waals surface area (Å²) in [6.45, 7) is 2.67. The van der Waals surface area contributed by atoms with Gasteiger partial charge in [-0.05, 0) is 31.9 Å². The number of rotatable bonds is 2. The number of aryl methyl sites for hydroxylation is 2. The normalized spacial score (nSPS) is 19.0. The van der Waals surface area contributed by atoms with Gasteiger partial charge in [-0.25, -0.2) is 9.37 Å². The second-order valence-electron chi connectivity index (χ2n) is 7.25. The van der Waals surface area contributed by atoms with Crippen LogP contribution in [0.4, 0.5) is 10.1 Å². The van der Waals surface area contributed by atoms with Crippen molar-refractivity contribution in [3.63, 3.8) is 0 Å². The van der Waals surface area contributed by atoms with E-state index in [2.05, 4.69) is 4.98 Å². The van der Waals surface area contributed by atoms with Gasteiger partial charge in [0, 0.05) is 31.1 Å². The quantitative estimate of drug-likeness (QED) is 0.649. The maximum Gasteiger partial charge on any atom is 0.228 e. The van der Waals surface area contributed by atoms with Crippen molar-refractivity contribution >= 4 is 22.6 Å². The largest absolute Gasteiger partial charge is 0.483 e. The molecule has 0 unspecified atom stereocenters. The number of aromatic nitrogens is 2. The summed E-state index contributed by atoms with van der Waals surface area (Å²) in [5, 5.41) is 0. The van der Waals surface area contributed by atoms with Crippen LogP contribution in [-0.2, 0) is 18.3 Å². The Labute approximate surface area is 156 Å². The lowest BCUT2D eigenvalue weighted by molar-refractivity contribution is -0.122. The van der Waals surface area contributed by atoms with Gasteiger partial charge in [-0.15, -0.1) is 0 Å². The molecule has 0 aliphatic carbocycles. The van der Waals surface area contributed by atoms with Crippen molar-refractivity contribution in [2.45, 2.75) is 32.3 Å². The molecule has 1 saturated heterocycles. The van der Waals surface area contributed by atoms with E-state index in [4.69, 9.17) is 4.74 Å². The highest BCUT2D eigenvalue weighted by Gasteiger charge is 2.34. The second kappa shape index (κ2) is 5.81. The van der Waals surface area contributed by atoms with Crippen molar-refractivity contribution in [2.24, 2.45) is 7.05 Å². The first kappa shape index (κ1) is 16.3. The third-order valence-corrected chi connectivity index (χ3v) is 5.74. The molecule has 27 heavy (non-hydrogen) atoms. The molecule has 1 atom stereocenters. The number of carbonyl (C=O) groups excluding carboxylic acids is 1. The van der Waals surface area contributed by atoms with Crippen LogP contribution in [0.25, 0.3) is 11.0 Å². The van der Waals surface area contributed by atoms with Gasteiger partial charge in [-0.1, -0.05) is 18.2 Å². The minimum atomic E-state index is -0.355. The Morgan fingerprint density at radius 2 is 2.07 bits per heavy atom. The summed E-state index contributed by atoms with van der Waals surface area (Å²) < 4.78 is 22.6. The van der Waals surface area contributed by atoms with E-state index in [1.807, 2.05) is 35.6 Å². The Kier molecular flexibility index (Phi) is 3.50. The van der Waals surface area contributed by atoms with Crippen LogP contribution >= 0.6 is 0 Å². The standard InChI is InChI=1S/C21H20FN3O2/c1-12-23-20-17(24(12)2)11-16(25-10-9-19(25)26)14-7-8-18(27-21(14)20)13-5-3-4-6-15(13)22/h3-6,11,18H,7-10H2,1-2H3/t18-/m0/s1. The van der Waals surface area contributed by atoms with Gasteiger partial charge in [0.15, 0.2) is 5.75 Å². The van der Waals surface area contributed by atoms with Crippen LogP contribution in [0.1, 0.15) is 35.9 Å². The second-order valence-corrected chi connectivity index (χ2v) is 7.25. The predicted molar refractivity (Wildman–Crippen MR) is 101 cm³/mol. The molecule has 3 heterocycles. The Bertz CT molecular complexity index is 1090. The molecule has 5 nitrogen and oxygen atoms in total. The summed E-state index contributed by atoms with van der Waals surface area (Å²) in [6, 6.07) is 8.78. The fourth-order valence-corrected chi connectivity index (χ4v) is 4.05. The highest BCUT2D eigenvalue weighted by atomic mass is 19.1. The number of amides is 1. The first-order chi connectivity index (χ1) is 13.0. The van der Waals surface area contributed by atoms with Gasteiger partial charge in [-0.3, -0.25) is 4.79 Å². The zero-order valence-electron chi connectivity index (χ0n) is 15.3. The van der Waals surface area contributed by atoms with Crippen molar-refractivity contribution in [3.05, 3.63) is 53.1 Å². The van der Waals surface area contributed by atoms with E-state index in [9.17, 15) is 9.18 Å². The van der Waals surface area contributed by atoms with E-state index in [1.54, 1.807) is 12.1 Å². The summed E-state index contributed by atoms with van der Waals surface area (Å²) >= 11 is 0. The zero-order valence-corrected chi connectivity index (χ0v) is 15.3. The minimum Gasteiger partial charge on any atom is -0.483 e. The van der Waals surface area contributed by atoms with Crippen molar-refractivity contribution < 1.29 is 13.9 Å². The smallest absolute Gasteiger partial charge is 0.228 e. The predicted octanol–water partition coefficient (Wildman–Crippen LogP) is 3.82. The Morgan fingerprint density at radius 3 is 2.78 bits per heavy atom. The highest BCUT2D eigenvalue weighted by molar-refractivity contribution is 6.03. The van der Waals surface area contributed by atoms with Gasteiger partial charge >= 0.3 is 0 Å². The maximum atomic E-state index is 14.3. The number of β-lactam (4-membered cyclic amide) rings is 1. The molecule has 1 amide bonds. The fourth-order valence-electron chi connectivity index (χ4n) is 4.05. The lowest BCUT2D eigenvalue weighted by Gasteiger charge is -2.35. The summed E-state index contributed by atoms with van der Waals surface area (Å²) in [5.74, 6) is 1.43. The first-order valence-corrected chi connectivity index (χ1v) is 9.25. The van der Waals surface area contributed by atoms with Gasteiger partial charge < -0.3 is 14.2 Å². The van der Waals surface area contributed by atoms with Crippen LogP contribution in [0.5, 0.6) is 5.75 Å². The molecule has 2 aliphatic heterocycles. The van der Waals surface area contributed by atoms with Crippen LogP contribution in [0.2, 0.25) is 0 Å². The molecular formula is C21H20FN3O2. The molecule has 6 heteroatoms. The lowest BCUT2D eigenvalue weighted by atomic mass is 9.94. The number of anilines is 1. The number of carbonyl (C=O) groups is 1. The number of nitrogens with zero attached hydrogens (tertiary/aromatic N) is 3. The van der Waals surface area contributed by atoms with Gasteiger partial charge in [0.2, 0.25) is 5.91 Å². The van der Waals surface area contributed by atoms with Crippen LogP contribution in [-0.4, -0.2) is 22.0 Å². The minimum absolute atomic E-state index is 0.131. The third-order valence-electron chi connectivity index (χ3n) is 5.74. The molecule has 2 aromatic carbocycles. The van der Waals surface area contributed by atoms with Crippen molar-refractivity contribution in [1.29, 1.82) is 0 Å². The molecule has 3 aromatic rings. The van der Waals surface area contributed by atoms with Crippen molar-refractivity contribution in [2.75, 3.05) is 11.4 Å². The first-order valence-electron chi connectivity index (χ1n) is 9.25. The Morgan fingerprint density at radius 1 is 1.26 bits per heavy atom. The number of hydrogen-bond donors (Lipinski definition) is 0. The average Bonchev–Trinajstić information content (AvgIpc) is 2.95. The van der Waals surface area contributed by atoms with E-state index < -0.39 is 0 Å². The monoisotopic (exact) mass is 365 g/mol. The Hall–Kier alpha value is -2.89. The molecule has 0 radical (unpaired) electrons. The average molecular weight is 365 g/mol. The molecule has 0 N–H and O–H groups in total. The maximum absolute atomic E-state index is 14.3. The molecule has 1 aromatic heterocycles. The summed E-state index contributed by atoms with van der Waals surface area (Å²) in [4.78, 5) is 18.6. The van der Waals surface area contributed by atoms with Gasteiger partial charge in [0.25, 0.3) is 0 Å². The highest BCUT2D eigenvalue weighted by Crippen LogP contribution is 2.45. The summed E-state index contributed by atoms with van der Waals surface area (Å²) in [6.07, 6.45) is 1.61. The van der Waals surface area contributed by atoms with Crippen LogP contribution in [0.3, 0.4) is 0 Å².